The minimum Gasteiger partial charge on any atom is -0.496 e. The Morgan fingerprint density at radius 1 is 1.08 bits per heavy atom. The van der Waals surface area contributed by atoms with Crippen LogP contribution in [0.25, 0.3) is 0 Å². The van der Waals surface area contributed by atoms with Gasteiger partial charge in [0.2, 0.25) is 0 Å². The van der Waals surface area contributed by atoms with Gasteiger partial charge in [-0.1, -0.05) is 24.3 Å². The topological polar surface area (TPSA) is 45.7 Å². The van der Waals surface area contributed by atoms with Crippen LogP contribution in [0, 0.1) is 5.82 Å². The van der Waals surface area contributed by atoms with Crippen LogP contribution >= 0.6 is 11.8 Å². The molecule has 0 aliphatic heterocycles. The summed E-state index contributed by atoms with van der Waals surface area (Å²) in [4.78, 5) is 4.24. The highest BCUT2D eigenvalue weighted by atomic mass is 32.2. The van der Waals surface area contributed by atoms with Crippen LogP contribution in [-0.4, -0.2) is 26.4 Å². The van der Waals surface area contributed by atoms with Crippen molar-refractivity contribution in [1.82, 2.24) is 10.6 Å². The van der Waals surface area contributed by atoms with E-state index in [0.717, 1.165) is 28.2 Å². The third kappa shape index (κ3) is 5.67. The van der Waals surface area contributed by atoms with E-state index in [1.165, 1.54) is 6.07 Å². The average molecular weight is 361 g/mol. The van der Waals surface area contributed by atoms with Crippen molar-refractivity contribution in [2.75, 3.05) is 20.4 Å². The molecule has 0 aromatic heterocycles. The van der Waals surface area contributed by atoms with Gasteiger partial charge < -0.3 is 15.4 Å². The second-order valence-electron chi connectivity index (χ2n) is 5.44. The van der Waals surface area contributed by atoms with Crippen molar-refractivity contribution in [3.63, 3.8) is 0 Å². The number of guanidine groups is 1. The van der Waals surface area contributed by atoms with E-state index in [2.05, 4.69) is 15.6 Å². The summed E-state index contributed by atoms with van der Waals surface area (Å²) in [5.74, 6) is 2.10. The number of aliphatic imine (C=N–C) groups is 1. The van der Waals surface area contributed by atoms with Crippen LogP contribution in [0.15, 0.2) is 47.5 Å². The first kappa shape index (κ1) is 19.1. The summed E-state index contributed by atoms with van der Waals surface area (Å²) < 4.78 is 18.8. The summed E-state index contributed by atoms with van der Waals surface area (Å²) in [5, 5.41) is 6.55. The fourth-order valence-corrected chi connectivity index (χ4v) is 3.06. The maximum absolute atomic E-state index is 13.4. The Morgan fingerprint density at radius 2 is 1.80 bits per heavy atom. The van der Waals surface area contributed by atoms with Gasteiger partial charge >= 0.3 is 0 Å². The molecule has 2 aromatic carbocycles. The Bertz CT molecular complexity index is 722. The molecule has 0 amide bonds. The van der Waals surface area contributed by atoms with Gasteiger partial charge in [0.05, 0.1) is 7.11 Å². The monoisotopic (exact) mass is 361 g/mol. The molecule has 2 rings (SSSR count). The van der Waals surface area contributed by atoms with E-state index in [9.17, 15) is 4.39 Å². The van der Waals surface area contributed by atoms with E-state index in [4.69, 9.17) is 4.74 Å². The van der Waals surface area contributed by atoms with Crippen molar-refractivity contribution < 1.29 is 9.13 Å². The van der Waals surface area contributed by atoms with Gasteiger partial charge in [-0.2, -0.15) is 11.8 Å². The van der Waals surface area contributed by atoms with E-state index in [1.54, 1.807) is 32.0 Å². The summed E-state index contributed by atoms with van der Waals surface area (Å²) in [5.41, 5.74) is 3.12. The molecule has 0 spiro atoms. The molecule has 0 fully saturated rings. The second kappa shape index (κ2) is 9.93. The van der Waals surface area contributed by atoms with E-state index < -0.39 is 0 Å². The van der Waals surface area contributed by atoms with Crippen LogP contribution in [-0.2, 0) is 18.8 Å². The number of hydrogen-bond acceptors (Lipinski definition) is 3. The molecule has 0 saturated carbocycles. The highest BCUT2D eigenvalue weighted by molar-refractivity contribution is 7.97. The van der Waals surface area contributed by atoms with E-state index in [0.29, 0.717) is 19.0 Å². The quantitative estimate of drug-likeness (QED) is 0.585. The summed E-state index contributed by atoms with van der Waals surface area (Å²) >= 11 is 1.68. The number of nitrogens with zero attached hydrogens (tertiary/aromatic N) is 1. The normalized spacial score (nSPS) is 11.3. The summed E-state index contributed by atoms with van der Waals surface area (Å²) in [6, 6.07) is 12.8. The van der Waals surface area contributed by atoms with E-state index in [-0.39, 0.29) is 5.82 Å². The molecule has 0 radical (unpaired) electrons. The number of nitrogens with one attached hydrogen (secondary N) is 2. The molecule has 134 valence electrons. The highest BCUT2D eigenvalue weighted by Crippen LogP contribution is 2.17. The maximum atomic E-state index is 13.4. The lowest BCUT2D eigenvalue weighted by molar-refractivity contribution is 0.409. The number of halogens is 1. The molecule has 0 bridgehead atoms. The van der Waals surface area contributed by atoms with E-state index >= 15 is 0 Å². The lowest BCUT2D eigenvalue weighted by Crippen LogP contribution is -2.36. The number of thioether (sulfide) groups is 1. The first-order valence-corrected chi connectivity index (χ1v) is 9.40. The molecule has 2 N–H and O–H groups in total. The SMILES string of the molecule is CN=C(NCc1ccc(F)cc1CSC)NCc1ccccc1OC. The van der Waals surface area contributed by atoms with Crippen LogP contribution in [0.5, 0.6) is 5.75 Å². The Kier molecular flexibility index (Phi) is 7.60. The first-order chi connectivity index (χ1) is 12.2. The van der Waals surface area contributed by atoms with Gasteiger partial charge in [-0.25, -0.2) is 4.39 Å². The smallest absolute Gasteiger partial charge is 0.191 e. The number of hydrogen-bond donors (Lipinski definition) is 2. The van der Waals surface area contributed by atoms with Crippen molar-refractivity contribution in [1.29, 1.82) is 0 Å². The van der Waals surface area contributed by atoms with Crippen molar-refractivity contribution in [3.05, 3.63) is 65.0 Å². The minimum atomic E-state index is -0.202. The van der Waals surface area contributed by atoms with Gasteiger partial charge in [-0.15, -0.1) is 0 Å². The largest absolute Gasteiger partial charge is 0.496 e. The number of rotatable bonds is 7. The van der Waals surface area contributed by atoms with Crippen molar-refractivity contribution in [2.45, 2.75) is 18.8 Å². The highest BCUT2D eigenvalue weighted by Gasteiger charge is 2.07. The molecule has 0 unspecified atom stereocenters. The maximum Gasteiger partial charge on any atom is 0.191 e. The van der Waals surface area contributed by atoms with Crippen molar-refractivity contribution in [3.8, 4) is 5.75 Å². The number of methoxy groups -OCH3 is 1. The van der Waals surface area contributed by atoms with Gasteiger partial charge in [-0.3, -0.25) is 4.99 Å². The zero-order chi connectivity index (χ0) is 18.1. The van der Waals surface area contributed by atoms with Gasteiger partial charge in [0.15, 0.2) is 5.96 Å². The summed E-state index contributed by atoms with van der Waals surface area (Å²) in [7, 11) is 3.39. The van der Waals surface area contributed by atoms with Crippen LogP contribution in [0.3, 0.4) is 0 Å². The molecule has 25 heavy (non-hydrogen) atoms. The van der Waals surface area contributed by atoms with Gasteiger partial charge in [0.25, 0.3) is 0 Å². The Morgan fingerprint density at radius 3 is 2.48 bits per heavy atom. The predicted molar refractivity (Wildman–Crippen MR) is 104 cm³/mol. The van der Waals surface area contributed by atoms with Crippen LogP contribution in [0.2, 0.25) is 0 Å². The molecule has 0 saturated heterocycles. The number of benzene rings is 2. The minimum absolute atomic E-state index is 0.202. The lowest BCUT2D eigenvalue weighted by Gasteiger charge is -2.15. The van der Waals surface area contributed by atoms with Crippen LogP contribution < -0.4 is 15.4 Å². The lowest BCUT2D eigenvalue weighted by atomic mass is 10.1. The third-order valence-electron chi connectivity index (χ3n) is 3.78. The third-order valence-corrected chi connectivity index (χ3v) is 4.38. The van der Waals surface area contributed by atoms with Crippen molar-refractivity contribution >= 4 is 17.7 Å². The van der Waals surface area contributed by atoms with Gasteiger partial charge in [0.1, 0.15) is 11.6 Å². The summed E-state index contributed by atoms with van der Waals surface area (Å²) in [6.07, 6.45) is 2.01. The predicted octanol–water partition coefficient (Wildman–Crippen LogP) is 3.56. The molecular formula is C19H24FN3OS. The fourth-order valence-electron chi connectivity index (χ4n) is 2.48. The Labute approximate surface area is 152 Å². The summed E-state index contributed by atoms with van der Waals surface area (Å²) in [6.45, 7) is 1.19. The second-order valence-corrected chi connectivity index (χ2v) is 6.30. The zero-order valence-corrected chi connectivity index (χ0v) is 15.6. The Hall–Kier alpha value is -2.21. The van der Waals surface area contributed by atoms with E-state index in [1.807, 2.05) is 36.6 Å². The van der Waals surface area contributed by atoms with Crippen LogP contribution in [0.1, 0.15) is 16.7 Å². The molecule has 0 aliphatic carbocycles. The first-order valence-electron chi connectivity index (χ1n) is 8.00. The fraction of sp³-hybridized carbons (Fsp3) is 0.316. The standard InChI is InChI=1S/C19H24FN3OS/c1-21-19(23-12-15-6-4-5-7-18(15)24-2)22-11-14-8-9-17(20)10-16(14)13-25-3/h4-10H,11-13H2,1-3H3,(H2,21,22,23). The number of ether oxygens (including phenoxy) is 1. The van der Waals surface area contributed by atoms with Crippen molar-refractivity contribution in [2.24, 2.45) is 4.99 Å². The molecule has 4 nitrogen and oxygen atoms in total. The number of para-hydroxylation sites is 1. The average Bonchev–Trinajstić information content (AvgIpc) is 2.63. The van der Waals surface area contributed by atoms with Crippen LogP contribution in [0.4, 0.5) is 4.39 Å². The molecular weight excluding hydrogens is 337 g/mol. The Balaban J connectivity index is 1.97. The van der Waals surface area contributed by atoms with Gasteiger partial charge in [0, 0.05) is 31.5 Å². The zero-order valence-electron chi connectivity index (χ0n) is 14.8. The molecule has 0 aliphatic rings. The van der Waals surface area contributed by atoms with Gasteiger partial charge in [-0.05, 0) is 35.6 Å². The molecule has 2 aromatic rings. The molecule has 0 heterocycles. The molecule has 0 atom stereocenters. The molecule has 6 heteroatoms.